The zero-order valence-corrected chi connectivity index (χ0v) is 12.8. The van der Waals surface area contributed by atoms with Gasteiger partial charge in [0, 0.05) is 6.54 Å². The van der Waals surface area contributed by atoms with Gasteiger partial charge in [-0.05, 0) is 42.5 Å². The molecule has 0 heterocycles. The minimum atomic E-state index is -0.694. The lowest BCUT2D eigenvalue weighted by atomic mass is 9.80. The minimum Gasteiger partial charge on any atom is -0.388 e. The third kappa shape index (κ3) is 3.07. The SMILES string of the molecule is CC(NC(=O)NCC1(O)CCC1)c1cccc2ccccc12. The maximum atomic E-state index is 12.0. The highest BCUT2D eigenvalue weighted by atomic mass is 16.3. The van der Waals surface area contributed by atoms with E-state index >= 15 is 0 Å². The molecule has 0 radical (unpaired) electrons. The maximum Gasteiger partial charge on any atom is 0.315 e. The average Bonchev–Trinajstić information content (AvgIpc) is 2.50. The van der Waals surface area contributed by atoms with E-state index in [1.54, 1.807) is 0 Å². The van der Waals surface area contributed by atoms with Gasteiger partial charge in [-0.3, -0.25) is 0 Å². The van der Waals surface area contributed by atoms with Crippen molar-refractivity contribution in [2.45, 2.75) is 37.8 Å². The predicted octanol–water partition coefficient (Wildman–Crippen LogP) is 3.12. The van der Waals surface area contributed by atoms with Crippen LogP contribution in [0, 0.1) is 0 Å². The standard InChI is InChI=1S/C18H22N2O2/c1-13(20-17(21)19-12-18(22)10-5-11-18)15-9-4-7-14-6-2-3-8-16(14)15/h2-4,6-9,13,22H,5,10-12H2,1H3,(H2,19,20,21). The molecule has 0 aromatic heterocycles. The lowest BCUT2D eigenvalue weighted by Gasteiger charge is -2.36. The van der Waals surface area contributed by atoms with Crippen LogP contribution >= 0.6 is 0 Å². The molecule has 2 aromatic rings. The van der Waals surface area contributed by atoms with Crippen molar-refractivity contribution in [2.24, 2.45) is 0 Å². The topological polar surface area (TPSA) is 61.4 Å². The number of aliphatic hydroxyl groups is 1. The van der Waals surface area contributed by atoms with Gasteiger partial charge in [0.2, 0.25) is 0 Å². The molecule has 4 heteroatoms. The second-order valence-electron chi connectivity index (χ2n) is 6.19. The lowest BCUT2D eigenvalue weighted by Crippen LogP contribution is -2.50. The normalized spacial score (nSPS) is 17.5. The number of carbonyl (C=O) groups excluding carboxylic acids is 1. The van der Waals surface area contributed by atoms with Crippen LogP contribution in [-0.4, -0.2) is 23.3 Å². The summed E-state index contributed by atoms with van der Waals surface area (Å²) < 4.78 is 0. The summed E-state index contributed by atoms with van der Waals surface area (Å²) in [6, 6.07) is 13.9. The highest BCUT2D eigenvalue weighted by Gasteiger charge is 2.34. The second kappa shape index (κ2) is 5.97. The molecular formula is C18H22N2O2. The van der Waals surface area contributed by atoms with Gasteiger partial charge in [-0.15, -0.1) is 0 Å². The summed E-state index contributed by atoms with van der Waals surface area (Å²) in [6.07, 6.45) is 2.57. The third-order valence-electron chi connectivity index (χ3n) is 4.50. The zero-order valence-electron chi connectivity index (χ0n) is 12.8. The molecule has 116 valence electrons. The van der Waals surface area contributed by atoms with Gasteiger partial charge in [-0.25, -0.2) is 4.79 Å². The smallest absolute Gasteiger partial charge is 0.315 e. The average molecular weight is 298 g/mol. The second-order valence-corrected chi connectivity index (χ2v) is 6.19. The summed E-state index contributed by atoms with van der Waals surface area (Å²) in [6.45, 7) is 2.29. The Bertz CT molecular complexity index is 674. The number of urea groups is 1. The van der Waals surface area contributed by atoms with E-state index in [2.05, 4.69) is 28.8 Å². The van der Waals surface area contributed by atoms with Gasteiger partial charge in [0.25, 0.3) is 0 Å². The van der Waals surface area contributed by atoms with Crippen LogP contribution < -0.4 is 10.6 Å². The molecule has 0 saturated heterocycles. The highest BCUT2D eigenvalue weighted by molar-refractivity contribution is 5.86. The van der Waals surface area contributed by atoms with Crippen LogP contribution in [0.5, 0.6) is 0 Å². The Balaban J connectivity index is 1.65. The van der Waals surface area contributed by atoms with Crippen molar-refractivity contribution in [2.75, 3.05) is 6.54 Å². The number of fused-ring (bicyclic) bond motifs is 1. The van der Waals surface area contributed by atoms with Gasteiger partial charge in [0.15, 0.2) is 0 Å². The molecule has 1 fully saturated rings. The quantitative estimate of drug-likeness (QED) is 0.812. The van der Waals surface area contributed by atoms with Gasteiger partial charge in [-0.1, -0.05) is 42.5 Å². The molecule has 1 atom stereocenters. The third-order valence-corrected chi connectivity index (χ3v) is 4.50. The van der Waals surface area contributed by atoms with Gasteiger partial charge in [0.1, 0.15) is 0 Å². The Morgan fingerprint density at radius 2 is 1.95 bits per heavy atom. The maximum absolute atomic E-state index is 12.0. The zero-order chi connectivity index (χ0) is 15.6. The van der Waals surface area contributed by atoms with Gasteiger partial charge >= 0.3 is 6.03 Å². The van der Waals surface area contributed by atoms with Crippen LogP contribution in [0.1, 0.15) is 37.8 Å². The summed E-state index contributed by atoms with van der Waals surface area (Å²) in [4.78, 5) is 12.0. The van der Waals surface area contributed by atoms with Crippen LogP contribution in [-0.2, 0) is 0 Å². The summed E-state index contributed by atoms with van der Waals surface area (Å²) in [5.74, 6) is 0. The molecule has 0 spiro atoms. The number of hydrogen-bond acceptors (Lipinski definition) is 2. The van der Waals surface area contributed by atoms with E-state index in [-0.39, 0.29) is 12.1 Å². The Morgan fingerprint density at radius 3 is 2.68 bits per heavy atom. The molecule has 2 amide bonds. The van der Waals surface area contributed by atoms with Crippen LogP contribution in [0.3, 0.4) is 0 Å². The molecule has 0 aliphatic heterocycles. The first-order chi connectivity index (χ1) is 10.6. The van der Waals surface area contributed by atoms with E-state index in [1.807, 2.05) is 31.2 Å². The molecule has 4 nitrogen and oxygen atoms in total. The van der Waals surface area contributed by atoms with Crippen molar-refractivity contribution in [3.63, 3.8) is 0 Å². The van der Waals surface area contributed by atoms with Gasteiger partial charge in [0.05, 0.1) is 11.6 Å². The van der Waals surface area contributed by atoms with Crippen molar-refractivity contribution >= 4 is 16.8 Å². The molecule has 1 saturated carbocycles. The van der Waals surface area contributed by atoms with Crippen LogP contribution in [0.15, 0.2) is 42.5 Å². The molecule has 22 heavy (non-hydrogen) atoms. The first-order valence-electron chi connectivity index (χ1n) is 7.82. The largest absolute Gasteiger partial charge is 0.388 e. The van der Waals surface area contributed by atoms with Crippen molar-refractivity contribution in [1.82, 2.24) is 10.6 Å². The van der Waals surface area contributed by atoms with Crippen molar-refractivity contribution in [3.05, 3.63) is 48.0 Å². The van der Waals surface area contributed by atoms with Crippen molar-refractivity contribution < 1.29 is 9.90 Å². The van der Waals surface area contributed by atoms with Crippen molar-refractivity contribution in [1.29, 1.82) is 0 Å². The van der Waals surface area contributed by atoms with Crippen LogP contribution in [0.25, 0.3) is 10.8 Å². The number of rotatable bonds is 4. The van der Waals surface area contributed by atoms with Gasteiger partial charge in [-0.2, -0.15) is 0 Å². The summed E-state index contributed by atoms with van der Waals surface area (Å²) in [7, 11) is 0. The number of amides is 2. The number of hydrogen-bond donors (Lipinski definition) is 3. The Kier molecular flexibility index (Phi) is 4.03. The molecule has 2 aromatic carbocycles. The lowest BCUT2D eigenvalue weighted by molar-refractivity contribution is -0.0290. The van der Waals surface area contributed by atoms with E-state index in [4.69, 9.17) is 0 Å². The van der Waals surface area contributed by atoms with E-state index in [0.29, 0.717) is 6.54 Å². The monoisotopic (exact) mass is 298 g/mol. The molecule has 1 aliphatic rings. The Hall–Kier alpha value is -2.07. The minimum absolute atomic E-state index is 0.0952. The van der Waals surface area contributed by atoms with E-state index in [0.717, 1.165) is 35.6 Å². The number of carbonyl (C=O) groups is 1. The molecule has 1 aliphatic carbocycles. The van der Waals surface area contributed by atoms with Gasteiger partial charge < -0.3 is 15.7 Å². The Morgan fingerprint density at radius 1 is 1.23 bits per heavy atom. The fourth-order valence-electron chi connectivity index (χ4n) is 2.96. The molecular weight excluding hydrogens is 276 g/mol. The number of nitrogens with one attached hydrogen (secondary N) is 2. The van der Waals surface area contributed by atoms with Crippen molar-refractivity contribution in [3.8, 4) is 0 Å². The summed E-state index contributed by atoms with van der Waals surface area (Å²) in [5.41, 5.74) is 0.399. The fraction of sp³-hybridized carbons (Fsp3) is 0.389. The summed E-state index contributed by atoms with van der Waals surface area (Å²) >= 11 is 0. The van der Waals surface area contributed by atoms with E-state index in [1.165, 1.54) is 0 Å². The summed E-state index contributed by atoms with van der Waals surface area (Å²) in [5, 5.41) is 18.0. The first-order valence-corrected chi connectivity index (χ1v) is 7.82. The number of benzene rings is 2. The predicted molar refractivity (Wildman–Crippen MR) is 87.7 cm³/mol. The van der Waals surface area contributed by atoms with E-state index in [9.17, 15) is 9.90 Å². The van der Waals surface area contributed by atoms with Crippen LogP contribution in [0.2, 0.25) is 0 Å². The van der Waals surface area contributed by atoms with Crippen LogP contribution in [0.4, 0.5) is 4.79 Å². The molecule has 0 bridgehead atoms. The molecule has 1 unspecified atom stereocenters. The molecule has 3 rings (SSSR count). The Labute approximate surface area is 130 Å². The molecule has 3 N–H and O–H groups in total. The first kappa shape index (κ1) is 14.9. The highest BCUT2D eigenvalue weighted by Crippen LogP contribution is 2.30. The van der Waals surface area contributed by atoms with E-state index < -0.39 is 5.60 Å². The fourth-order valence-corrected chi connectivity index (χ4v) is 2.96.